The zero-order valence-electron chi connectivity index (χ0n) is 22.6. The van der Waals surface area contributed by atoms with E-state index in [1.54, 1.807) is 12.1 Å². The molecule has 210 valence electrons. The first-order valence-electron chi connectivity index (χ1n) is 13.4. The molecule has 1 fully saturated rings. The van der Waals surface area contributed by atoms with Gasteiger partial charge in [-0.2, -0.15) is 18.3 Å². The predicted molar refractivity (Wildman–Crippen MR) is 147 cm³/mol. The Labute approximate surface area is 233 Å². The molecule has 1 aliphatic rings. The lowest BCUT2D eigenvalue weighted by atomic mass is 9.75. The summed E-state index contributed by atoms with van der Waals surface area (Å²) in [5.74, 6) is -0.270. The third kappa shape index (κ3) is 5.59. The minimum atomic E-state index is -4.61. The van der Waals surface area contributed by atoms with Gasteiger partial charge in [0.15, 0.2) is 0 Å². The number of aryl methyl sites for hydroxylation is 3. The van der Waals surface area contributed by atoms with Gasteiger partial charge in [-0.25, -0.2) is 14.1 Å². The van der Waals surface area contributed by atoms with E-state index < -0.39 is 23.8 Å². The molecule has 5 nitrogen and oxygen atoms in total. The van der Waals surface area contributed by atoms with Crippen molar-refractivity contribution >= 4 is 11.3 Å². The highest BCUT2D eigenvalue weighted by molar-refractivity contribution is 7.15. The van der Waals surface area contributed by atoms with Crippen LogP contribution < -0.4 is 5.56 Å². The van der Waals surface area contributed by atoms with Crippen molar-refractivity contribution in [2.24, 2.45) is 0 Å². The predicted octanol–water partition coefficient (Wildman–Crippen LogP) is 7.59. The number of rotatable bonds is 6. The maximum absolute atomic E-state index is 14.7. The molecule has 3 aromatic heterocycles. The molecule has 0 amide bonds. The van der Waals surface area contributed by atoms with Crippen LogP contribution in [0.1, 0.15) is 83.1 Å². The Hall–Kier alpha value is -3.40. The highest BCUT2D eigenvalue weighted by atomic mass is 32.1. The van der Waals surface area contributed by atoms with Gasteiger partial charge in [0.2, 0.25) is 0 Å². The van der Waals surface area contributed by atoms with E-state index in [9.17, 15) is 22.4 Å². The number of hydrogen-bond donors (Lipinski definition) is 0. The number of hydrogen-bond acceptors (Lipinski definition) is 5. The Morgan fingerprint density at radius 3 is 2.42 bits per heavy atom. The Morgan fingerprint density at radius 2 is 1.77 bits per heavy atom. The third-order valence-electron chi connectivity index (χ3n) is 7.72. The highest BCUT2D eigenvalue weighted by Gasteiger charge is 2.34. The summed E-state index contributed by atoms with van der Waals surface area (Å²) in [6.07, 6.45) is 0.157. The molecule has 10 heteroatoms. The van der Waals surface area contributed by atoms with Crippen LogP contribution in [0.15, 0.2) is 47.4 Å². The molecular formula is C30H30F4N4OS. The average molecular weight is 571 g/mol. The number of pyridine rings is 1. The van der Waals surface area contributed by atoms with Crippen LogP contribution >= 0.6 is 11.3 Å². The second-order valence-electron chi connectivity index (χ2n) is 10.3. The summed E-state index contributed by atoms with van der Waals surface area (Å²) in [4.78, 5) is 23.1. The van der Waals surface area contributed by atoms with E-state index in [1.807, 2.05) is 26.8 Å². The summed E-state index contributed by atoms with van der Waals surface area (Å²) in [6.45, 7) is 5.37. The summed E-state index contributed by atoms with van der Waals surface area (Å²) in [6, 6.07) is 9.07. The molecule has 4 aromatic rings. The fraction of sp³-hybridized carbons (Fsp3) is 0.400. The van der Waals surface area contributed by atoms with Gasteiger partial charge in [-0.15, -0.1) is 11.3 Å². The van der Waals surface area contributed by atoms with Crippen LogP contribution in [0.25, 0.3) is 10.6 Å². The lowest BCUT2D eigenvalue weighted by Gasteiger charge is -2.30. The van der Waals surface area contributed by atoms with Crippen LogP contribution in [0.5, 0.6) is 0 Å². The average Bonchev–Trinajstić information content (AvgIpc) is 3.30. The van der Waals surface area contributed by atoms with Crippen molar-refractivity contribution in [2.75, 3.05) is 0 Å². The second kappa shape index (κ2) is 11.2. The van der Waals surface area contributed by atoms with Crippen molar-refractivity contribution in [1.82, 2.24) is 19.7 Å². The maximum Gasteiger partial charge on any atom is 0.418 e. The molecule has 0 aliphatic heterocycles. The minimum Gasteiger partial charge on any atom is -0.267 e. The summed E-state index contributed by atoms with van der Waals surface area (Å²) >= 11 is 1.47. The third-order valence-corrected chi connectivity index (χ3v) is 9.04. The van der Waals surface area contributed by atoms with E-state index in [0.717, 1.165) is 43.9 Å². The molecule has 0 atom stereocenters. The van der Waals surface area contributed by atoms with E-state index in [2.05, 4.69) is 15.1 Å². The zero-order chi connectivity index (χ0) is 28.6. The fourth-order valence-corrected chi connectivity index (χ4v) is 6.69. The molecule has 1 aromatic carbocycles. The second-order valence-corrected chi connectivity index (χ2v) is 11.4. The van der Waals surface area contributed by atoms with Crippen LogP contribution in [0, 0.1) is 19.7 Å². The van der Waals surface area contributed by atoms with Crippen molar-refractivity contribution in [3.05, 3.63) is 97.4 Å². The van der Waals surface area contributed by atoms with Crippen molar-refractivity contribution in [1.29, 1.82) is 0 Å². The summed E-state index contributed by atoms with van der Waals surface area (Å²) in [5, 5.41) is 5.44. The normalized spacial score (nSPS) is 17.8. The number of aromatic nitrogens is 4. The van der Waals surface area contributed by atoms with Gasteiger partial charge < -0.3 is 0 Å². The van der Waals surface area contributed by atoms with Crippen molar-refractivity contribution in [3.8, 4) is 10.6 Å². The maximum atomic E-state index is 14.7. The van der Waals surface area contributed by atoms with Crippen molar-refractivity contribution in [2.45, 2.75) is 77.4 Å². The van der Waals surface area contributed by atoms with Crippen LogP contribution in [0.2, 0.25) is 0 Å². The Bertz CT molecular complexity index is 1570. The van der Waals surface area contributed by atoms with Gasteiger partial charge in [-0.3, -0.25) is 9.78 Å². The molecule has 0 bridgehead atoms. The molecule has 3 heterocycles. The van der Waals surface area contributed by atoms with Crippen molar-refractivity contribution < 1.29 is 17.6 Å². The zero-order valence-corrected chi connectivity index (χ0v) is 23.4. The van der Waals surface area contributed by atoms with Gasteiger partial charge in [-0.05, 0) is 93.2 Å². The molecule has 0 saturated heterocycles. The van der Waals surface area contributed by atoms with Gasteiger partial charge in [0.1, 0.15) is 11.5 Å². The Kier molecular flexibility index (Phi) is 7.90. The van der Waals surface area contributed by atoms with E-state index in [4.69, 9.17) is 0 Å². The lowest BCUT2D eigenvalue weighted by Crippen LogP contribution is -2.31. The van der Waals surface area contributed by atoms with Crippen LogP contribution in [0.3, 0.4) is 0 Å². The first-order chi connectivity index (χ1) is 19.1. The largest absolute Gasteiger partial charge is 0.418 e. The quantitative estimate of drug-likeness (QED) is 0.224. The van der Waals surface area contributed by atoms with E-state index >= 15 is 0 Å². The van der Waals surface area contributed by atoms with Crippen LogP contribution in [-0.4, -0.2) is 19.7 Å². The number of halogens is 4. The van der Waals surface area contributed by atoms with E-state index in [1.165, 1.54) is 29.7 Å². The molecule has 1 aliphatic carbocycles. The Balaban J connectivity index is 1.54. The Morgan fingerprint density at radius 1 is 1.05 bits per heavy atom. The molecule has 0 radical (unpaired) electrons. The fourth-order valence-electron chi connectivity index (χ4n) is 5.73. The first kappa shape index (κ1) is 28.1. The molecule has 5 rings (SSSR count). The number of benzene rings is 1. The van der Waals surface area contributed by atoms with E-state index in [-0.39, 0.29) is 23.3 Å². The van der Waals surface area contributed by atoms with Crippen LogP contribution in [0.4, 0.5) is 17.6 Å². The SMILES string of the molecule is CCc1nc(C)c(-c2cc(C3CCC(c4c(C)cccc4F)CC3)c(=O)n(Cc3ncccc3C(F)(F)F)n2)s1. The molecular weight excluding hydrogens is 540 g/mol. The first-order valence-corrected chi connectivity index (χ1v) is 14.2. The van der Waals surface area contributed by atoms with Gasteiger partial charge >= 0.3 is 6.18 Å². The highest BCUT2D eigenvalue weighted by Crippen LogP contribution is 2.42. The smallest absolute Gasteiger partial charge is 0.267 e. The van der Waals surface area contributed by atoms with Gasteiger partial charge in [-0.1, -0.05) is 19.1 Å². The van der Waals surface area contributed by atoms with E-state index in [0.29, 0.717) is 36.9 Å². The topological polar surface area (TPSA) is 60.7 Å². The standard InChI is InChI=1S/C30H30F4N4OS/c1-4-26-36-18(3)28(40-26)24-15-21(19-10-12-20(13-11-19)27-17(2)7-5-9-23(27)31)29(39)38(37-24)16-25-22(30(32,33)34)8-6-14-35-25/h5-9,14-15,19-20H,4,10-13,16H2,1-3H3. The number of thiazole rings is 1. The number of nitrogens with zero attached hydrogens (tertiary/aromatic N) is 4. The summed E-state index contributed by atoms with van der Waals surface area (Å²) in [7, 11) is 0. The summed E-state index contributed by atoms with van der Waals surface area (Å²) < 4.78 is 56.9. The van der Waals surface area contributed by atoms with Gasteiger partial charge in [0, 0.05) is 11.8 Å². The monoisotopic (exact) mass is 570 g/mol. The molecule has 0 unspecified atom stereocenters. The van der Waals surface area contributed by atoms with Crippen molar-refractivity contribution in [3.63, 3.8) is 0 Å². The molecule has 1 saturated carbocycles. The molecule has 0 spiro atoms. The van der Waals surface area contributed by atoms with Gasteiger partial charge in [0.05, 0.1) is 33.4 Å². The molecule has 40 heavy (non-hydrogen) atoms. The lowest BCUT2D eigenvalue weighted by molar-refractivity contribution is -0.138. The minimum absolute atomic E-state index is 0.0553. The van der Waals surface area contributed by atoms with Gasteiger partial charge in [0.25, 0.3) is 5.56 Å². The number of alkyl halides is 3. The molecule has 0 N–H and O–H groups in total. The van der Waals surface area contributed by atoms with Crippen LogP contribution in [-0.2, 0) is 19.1 Å². The summed E-state index contributed by atoms with van der Waals surface area (Å²) in [5.41, 5.74) is 1.87.